The molecular formula is C16H15N3. The van der Waals surface area contributed by atoms with Gasteiger partial charge in [0.1, 0.15) is 11.8 Å². The van der Waals surface area contributed by atoms with Crippen molar-refractivity contribution in [1.82, 2.24) is 9.88 Å². The number of pyridine rings is 1. The monoisotopic (exact) mass is 249 g/mol. The van der Waals surface area contributed by atoms with Gasteiger partial charge in [-0.3, -0.25) is 4.90 Å². The van der Waals surface area contributed by atoms with Gasteiger partial charge in [-0.15, -0.1) is 0 Å². The Balaban J connectivity index is 1.82. The summed E-state index contributed by atoms with van der Waals surface area (Å²) in [6.07, 6.45) is 1.85. The summed E-state index contributed by atoms with van der Waals surface area (Å²) in [7, 11) is 0. The van der Waals surface area contributed by atoms with Crippen molar-refractivity contribution in [2.75, 3.05) is 0 Å². The van der Waals surface area contributed by atoms with E-state index in [1.54, 1.807) is 0 Å². The molecule has 3 nitrogen and oxygen atoms in total. The van der Waals surface area contributed by atoms with Crippen LogP contribution in [0.4, 0.5) is 0 Å². The first-order valence-electron chi connectivity index (χ1n) is 6.41. The van der Waals surface area contributed by atoms with Gasteiger partial charge in [0.25, 0.3) is 0 Å². The zero-order chi connectivity index (χ0) is 13.2. The predicted molar refractivity (Wildman–Crippen MR) is 73.1 cm³/mol. The molecule has 2 heterocycles. The minimum absolute atomic E-state index is 0.556. The molecule has 1 aliphatic rings. The van der Waals surface area contributed by atoms with E-state index >= 15 is 0 Å². The molecule has 0 bridgehead atoms. The van der Waals surface area contributed by atoms with E-state index in [-0.39, 0.29) is 0 Å². The quantitative estimate of drug-likeness (QED) is 0.821. The molecule has 0 fully saturated rings. The molecule has 0 spiro atoms. The second-order valence-electron chi connectivity index (χ2n) is 4.98. The lowest BCUT2D eigenvalue weighted by atomic mass is 10.1. The molecular weight excluding hydrogens is 234 g/mol. The Morgan fingerprint density at radius 1 is 1.26 bits per heavy atom. The number of nitrogens with zero attached hydrogens (tertiary/aromatic N) is 3. The maximum atomic E-state index is 9.02. The van der Waals surface area contributed by atoms with Crippen molar-refractivity contribution in [3.8, 4) is 6.07 Å². The second kappa shape index (κ2) is 4.83. The van der Waals surface area contributed by atoms with E-state index in [9.17, 15) is 0 Å². The maximum absolute atomic E-state index is 9.02. The molecule has 0 radical (unpaired) electrons. The minimum Gasteiger partial charge on any atom is -0.290 e. The fraction of sp³-hybridized carbons (Fsp3) is 0.250. The molecule has 3 rings (SSSR count). The molecule has 3 heteroatoms. The summed E-state index contributed by atoms with van der Waals surface area (Å²) in [5.74, 6) is 0. The predicted octanol–water partition coefficient (Wildman–Crippen LogP) is 2.78. The second-order valence-corrected chi connectivity index (χ2v) is 4.98. The molecule has 1 aromatic heterocycles. The highest BCUT2D eigenvalue weighted by atomic mass is 15.1. The molecule has 0 saturated carbocycles. The van der Waals surface area contributed by atoms with Crippen LogP contribution in [0.25, 0.3) is 0 Å². The van der Waals surface area contributed by atoms with Gasteiger partial charge >= 0.3 is 0 Å². The molecule has 0 saturated heterocycles. The van der Waals surface area contributed by atoms with E-state index in [1.807, 2.05) is 19.2 Å². The zero-order valence-electron chi connectivity index (χ0n) is 10.9. The summed E-state index contributed by atoms with van der Waals surface area (Å²) in [4.78, 5) is 6.61. The van der Waals surface area contributed by atoms with Crippen LogP contribution < -0.4 is 0 Å². The Bertz CT molecular complexity index is 641. The third-order valence-electron chi connectivity index (χ3n) is 3.68. The lowest BCUT2D eigenvalue weighted by Crippen LogP contribution is -2.15. The van der Waals surface area contributed by atoms with Gasteiger partial charge in [-0.1, -0.05) is 30.3 Å². The standard InChI is InChI=1S/C16H15N3/c1-12-15-11-19(9-13-5-3-2-4-6-13)10-14(15)8-18-16(12)7-17/h2-6,8H,9-11H2,1H3. The number of aromatic nitrogens is 1. The molecule has 0 atom stereocenters. The first-order valence-corrected chi connectivity index (χ1v) is 6.41. The van der Waals surface area contributed by atoms with Gasteiger partial charge in [0.05, 0.1) is 0 Å². The molecule has 1 aliphatic heterocycles. The van der Waals surface area contributed by atoms with Crippen molar-refractivity contribution in [1.29, 1.82) is 5.26 Å². The van der Waals surface area contributed by atoms with Gasteiger partial charge in [-0.25, -0.2) is 4.98 Å². The van der Waals surface area contributed by atoms with Gasteiger partial charge < -0.3 is 0 Å². The van der Waals surface area contributed by atoms with Gasteiger partial charge in [0.2, 0.25) is 0 Å². The lowest BCUT2D eigenvalue weighted by molar-refractivity contribution is 0.275. The number of benzene rings is 1. The van der Waals surface area contributed by atoms with Crippen LogP contribution in [0.1, 0.15) is 27.9 Å². The minimum atomic E-state index is 0.556. The zero-order valence-corrected chi connectivity index (χ0v) is 10.9. The van der Waals surface area contributed by atoms with Crippen molar-refractivity contribution >= 4 is 0 Å². The summed E-state index contributed by atoms with van der Waals surface area (Å²) in [6, 6.07) is 12.6. The SMILES string of the molecule is Cc1c(C#N)ncc2c1CN(Cc1ccccc1)C2. The van der Waals surface area contributed by atoms with Crippen molar-refractivity contribution in [2.45, 2.75) is 26.6 Å². The fourth-order valence-electron chi connectivity index (χ4n) is 2.64. The van der Waals surface area contributed by atoms with Crippen LogP contribution in [-0.4, -0.2) is 9.88 Å². The van der Waals surface area contributed by atoms with Crippen LogP contribution >= 0.6 is 0 Å². The smallest absolute Gasteiger partial charge is 0.143 e. The van der Waals surface area contributed by atoms with Crippen LogP contribution in [0.15, 0.2) is 36.5 Å². The Morgan fingerprint density at radius 2 is 2.05 bits per heavy atom. The van der Waals surface area contributed by atoms with E-state index < -0.39 is 0 Å². The molecule has 1 aromatic carbocycles. The topological polar surface area (TPSA) is 39.9 Å². The molecule has 0 unspecified atom stereocenters. The summed E-state index contributed by atoms with van der Waals surface area (Å²) in [6.45, 7) is 4.77. The summed E-state index contributed by atoms with van der Waals surface area (Å²) in [5, 5.41) is 9.02. The first kappa shape index (κ1) is 11.9. The average Bonchev–Trinajstić information content (AvgIpc) is 2.84. The number of hydrogen-bond acceptors (Lipinski definition) is 3. The van der Waals surface area contributed by atoms with Crippen molar-refractivity contribution in [2.24, 2.45) is 0 Å². The van der Waals surface area contributed by atoms with Crippen molar-refractivity contribution in [3.05, 3.63) is 64.5 Å². The molecule has 94 valence electrons. The van der Waals surface area contributed by atoms with E-state index in [0.717, 1.165) is 25.2 Å². The summed E-state index contributed by atoms with van der Waals surface area (Å²) >= 11 is 0. The summed E-state index contributed by atoms with van der Waals surface area (Å²) in [5.41, 5.74) is 5.45. The number of nitriles is 1. The highest BCUT2D eigenvalue weighted by Crippen LogP contribution is 2.27. The molecule has 19 heavy (non-hydrogen) atoms. The highest BCUT2D eigenvalue weighted by Gasteiger charge is 2.22. The Hall–Kier alpha value is -2.18. The van der Waals surface area contributed by atoms with Crippen LogP contribution in [0, 0.1) is 18.3 Å². The third-order valence-corrected chi connectivity index (χ3v) is 3.68. The van der Waals surface area contributed by atoms with E-state index in [1.165, 1.54) is 16.7 Å². The fourth-order valence-corrected chi connectivity index (χ4v) is 2.64. The molecule has 2 aromatic rings. The first-order chi connectivity index (χ1) is 9.28. The molecule has 0 amide bonds. The molecule has 0 N–H and O–H groups in total. The Labute approximate surface area is 113 Å². The number of hydrogen-bond donors (Lipinski definition) is 0. The number of fused-ring (bicyclic) bond motifs is 1. The van der Waals surface area contributed by atoms with Crippen molar-refractivity contribution < 1.29 is 0 Å². The van der Waals surface area contributed by atoms with E-state index in [2.05, 4.69) is 40.2 Å². The van der Waals surface area contributed by atoms with Crippen LogP contribution in [0.5, 0.6) is 0 Å². The summed E-state index contributed by atoms with van der Waals surface area (Å²) < 4.78 is 0. The third kappa shape index (κ3) is 2.23. The van der Waals surface area contributed by atoms with E-state index in [4.69, 9.17) is 5.26 Å². The average molecular weight is 249 g/mol. The number of rotatable bonds is 2. The Morgan fingerprint density at radius 3 is 2.79 bits per heavy atom. The van der Waals surface area contributed by atoms with E-state index in [0.29, 0.717) is 5.69 Å². The van der Waals surface area contributed by atoms with Gasteiger partial charge in [-0.2, -0.15) is 5.26 Å². The Kier molecular flexibility index (Phi) is 3.02. The van der Waals surface area contributed by atoms with Crippen molar-refractivity contribution in [3.63, 3.8) is 0 Å². The molecule has 0 aliphatic carbocycles. The van der Waals surface area contributed by atoms with Gasteiger partial charge in [0, 0.05) is 25.8 Å². The largest absolute Gasteiger partial charge is 0.290 e. The van der Waals surface area contributed by atoms with Gasteiger partial charge in [0.15, 0.2) is 0 Å². The lowest BCUT2D eigenvalue weighted by Gasteiger charge is -2.14. The van der Waals surface area contributed by atoms with Crippen LogP contribution in [0.3, 0.4) is 0 Å². The highest BCUT2D eigenvalue weighted by molar-refractivity contribution is 5.42. The normalized spacial score (nSPS) is 14.1. The maximum Gasteiger partial charge on any atom is 0.143 e. The van der Waals surface area contributed by atoms with Gasteiger partial charge in [-0.05, 0) is 29.2 Å². The van der Waals surface area contributed by atoms with Crippen LogP contribution in [-0.2, 0) is 19.6 Å². The van der Waals surface area contributed by atoms with Crippen LogP contribution in [0.2, 0.25) is 0 Å².